The highest BCUT2D eigenvalue weighted by atomic mass is 16.5. The van der Waals surface area contributed by atoms with Crippen LogP contribution in [0.15, 0.2) is 54.9 Å². The molecule has 0 aliphatic carbocycles. The van der Waals surface area contributed by atoms with Gasteiger partial charge in [0.05, 0.1) is 0 Å². The van der Waals surface area contributed by atoms with Crippen molar-refractivity contribution in [1.82, 2.24) is 25.6 Å². The Morgan fingerprint density at radius 2 is 1.38 bits per heavy atom. The average molecular weight is 627 g/mol. The second kappa shape index (κ2) is 23.8. The van der Waals surface area contributed by atoms with Crippen LogP contribution < -0.4 is 27.8 Å². The molecule has 0 atom stereocenters. The number of ether oxygens (including phenoxy) is 3. The Labute approximate surface area is 264 Å². The summed E-state index contributed by atoms with van der Waals surface area (Å²) in [5, 5.41) is 5.43. The Balaban J connectivity index is 0.000000337. The van der Waals surface area contributed by atoms with Gasteiger partial charge in [0.1, 0.15) is 37.3 Å². The number of carbonyl (C=O) groups excluding carboxylic acids is 3. The van der Waals surface area contributed by atoms with Crippen molar-refractivity contribution < 1.29 is 28.6 Å². The van der Waals surface area contributed by atoms with Crippen molar-refractivity contribution in [2.45, 2.75) is 32.1 Å². The highest BCUT2D eigenvalue weighted by molar-refractivity contribution is 5.79. The normalized spacial score (nSPS) is 10.0. The molecule has 0 saturated heterocycles. The quantitative estimate of drug-likeness (QED) is 0.151. The molecule has 0 bridgehead atoms. The first-order valence-corrected chi connectivity index (χ1v) is 14.3. The average Bonchev–Trinajstić information content (AvgIpc) is 2.99. The zero-order chi connectivity index (χ0) is 33.3. The van der Waals surface area contributed by atoms with Crippen LogP contribution in [0.25, 0.3) is 0 Å². The first kappa shape index (κ1) is 38.4. The Hall–Kier alpha value is -4.66. The summed E-state index contributed by atoms with van der Waals surface area (Å²) in [5.74, 6) is 1.42. The molecule has 3 rings (SSSR count). The van der Waals surface area contributed by atoms with E-state index in [0.29, 0.717) is 43.4 Å². The number of anilines is 3. The van der Waals surface area contributed by atoms with Gasteiger partial charge in [-0.2, -0.15) is 0 Å². The number of ketones is 1. The summed E-state index contributed by atoms with van der Waals surface area (Å²) in [4.78, 5) is 45.1. The van der Waals surface area contributed by atoms with Crippen molar-refractivity contribution in [2.75, 3.05) is 71.4 Å². The molecule has 0 aliphatic rings. The number of aromatic nitrogens is 3. The van der Waals surface area contributed by atoms with Crippen LogP contribution in [0.3, 0.4) is 0 Å². The summed E-state index contributed by atoms with van der Waals surface area (Å²) in [5.41, 5.74) is 19.5. The Morgan fingerprint density at radius 3 is 1.96 bits per heavy atom. The van der Waals surface area contributed by atoms with Gasteiger partial charge >= 0.3 is 0 Å². The topological polar surface area (TPSA) is 220 Å². The van der Waals surface area contributed by atoms with Crippen LogP contribution in [-0.4, -0.2) is 86.8 Å². The van der Waals surface area contributed by atoms with E-state index < -0.39 is 0 Å². The minimum atomic E-state index is -0.124. The molecule has 246 valence electrons. The number of nitrogens with one attached hydrogen (secondary N) is 2. The van der Waals surface area contributed by atoms with E-state index in [1.807, 2.05) is 24.3 Å². The molecule has 0 aliphatic heterocycles. The second-order valence-corrected chi connectivity index (χ2v) is 9.63. The molecule has 3 aromatic heterocycles. The number of rotatable bonds is 16. The Kier molecular flexibility index (Phi) is 20.3. The maximum absolute atomic E-state index is 11.1. The zero-order valence-electron chi connectivity index (χ0n) is 26.3. The molecule has 14 heteroatoms. The van der Waals surface area contributed by atoms with E-state index >= 15 is 0 Å². The lowest BCUT2D eigenvalue weighted by molar-refractivity contribution is -0.125. The highest BCUT2D eigenvalue weighted by Gasteiger charge is 2.02. The largest absolute Gasteiger partial charge is 0.384 e. The van der Waals surface area contributed by atoms with Gasteiger partial charge in [0, 0.05) is 65.3 Å². The van der Waals surface area contributed by atoms with Gasteiger partial charge in [-0.3, -0.25) is 14.4 Å². The number of amides is 2. The van der Waals surface area contributed by atoms with Crippen molar-refractivity contribution in [3.63, 3.8) is 0 Å². The summed E-state index contributed by atoms with van der Waals surface area (Å²) in [7, 11) is 4.50. The number of nitrogens with zero attached hydrogens (tertiary/aromatic N) is 3. The fourth-order valence-corrected chi connectivity index (χ4v) is 3.63. The first-order chi connectivity index (χ1) is 21.7. The SMILES string of the molecule is COCC(=O)CCCc1ccc(N)nc1.COCC(=O)NCCc1cccc(N)n1.COCC(=O)NCCc1ccnc(N)c1. The third kappa shape index (κ3) is 20.0. The maximum atomic E-state index is 11.1. The number of pyridine rings is 3. The van der Waals surface area contributed by atoms with Crippen LogP contribution >= 0.6 is 0 Å². The van der Waals surface area contributed by atoms with Crippen LogP contribution in [0.4, 0.5) is 17.5 Å². The lowest BCUT2D eigenvalue weighted by atomic mass is 10.1. The van der Waals surface area contributed by atoms with Gasteiger partial charge in [-0.05, 0) is 60.7 Å². The van der Waals surface area contributed by atoms with Gasteiger partial charge in [-0.25, -0.2) is 15.0 Å². The van der Waals surface area contributed by atoms with Crippen molar-refractivity contribution in [3.05, 3.63) is 71.7 Å². The molecule has 0 aromatic carbocycles. The van der Waals surface area contributed by atoms with Crippen molar-refractivity contribution in [2.24, 2.45) is 0 Å². The number of carbonyl (C=O) groups is 3. The number of hydrogen-bond donors (Lipinski definition) is 5. The number of hydrogen-bond acceptors (Lipinski definition) is 12. The van der Waals surface area contributed by atoms with Crippen molar-refractivity contribution >= 4 is 35.1 Å². The molecular weight excluding hydrogens is 580 g/mol. The Morgan fingerprint density at radius 1 is 0.711 bits per heavy atom. The summed E-state index contributed by atoms with van der Waals surface area (Å²) in [6.07, 6.45) is 7.04. The summed E-state index contributed by atoms with van der Waals surface area (Å²) >= 11 is 0. The number of aryl methyl sites for hydroxylation is 1. The molecule has 3 heterocycles. The van der Waals surface area contributed by atoms with E-state index in [4.69, 9.17) is 21.9 Å². The fraction of sp³-hybridized carbons (Fsp3) is 0.419. The van der Waals surface area contributed by atoms with E-state index in [1.165, 1.54) is 21.3 Å². The minimum Gasteiger partial charge on any atom is -0.384 e. The van der Waals surface area contributed by atoms with Crippen LogP contribution in [0.1, 0.15) is 29.7 Å². The van der Waals surface area contributed by atoms with Gasteiger partial charge in [0.15, 0.2) is 5.78 Å². The maximum Gasteiger partial charge on any atom is 0.245 e. The number of Topliss-reactive ketones (excluding diaryl/α,β-unsaturated/α-hetero) is 1. The van der Waals surface area contributed by atoms with Crippen molar-refractivity contribution in [1.29, 1.82) is 0 Å². The molecule has 0 saturated carbocycles. The van der Waals surface area contributed by atoms with Gasteiger partial charge in [0.2, 0.25) is 11.8 Å². The van der Waals surface area contributed by atoms with E-state index in [1.54, 1.807) is 30.6 Å². The molecule has 2 amide bonds. The highest BCUT2D eigenvalue weighted by Crippen LogP contribution is 2.06. The van der Waals surface area contributed by atoms with Crippen LogP contribution in [0.2, 0.25) is 0 Å². The molecular formula is C31H46N8O6. The number of nitrogen functional groups attached to an aromatic ring is 3. The lowest BCUT2D eigenvalue weighted by Gasteiger charge is -2.04. The molecule has 14 nitrogen and oxygen atoms in total. The van der Waals surface area contributed by atoms with E-state index in [2.05, 4.69) is 35.1 Å². The zero-order valence-corrected chi connectivity index (χ0v) is 26.3. The van der Waals surface area contributed by atoms with Crippen LogP contribution in [-0.2, 0) is 47.9 Å². The number of nitrogens with two attached hydrogens (primary N) is 3. The van der Waals surface area contributed by atoms with Gasteiger partial charge in [-0.15, -0.1) is 0 Å². The van der Waals surface area contributed by atoms with Gasteiger partial charge < -0.3 is 42.0 Å². The molecule has 8 N–H and O–H groups in total. The minimum absolute atomic E-state index is 0.0877. The van der Waals surface area contributed by atoms with E-state index in [0.717, 1.165) is 36.1 Å². The standard InChI is InChI=1S/C11H16N2O2.2C10H15N3O2/c1-15-8-10(14)4-2-3-9-5-6-11(12)13-7-9;1-15-7-10(14)13-5-3-8-2-4-12-9(11)6-8;1-15-7-10(14)12-6-5-8-3-2-4-9(11)13-8/h5-7H,2-4,8H2,1H3,(H2,12,13);2,4,6H,3,5,7H2,1H3,(H2,11,12)(H,13,14);2-4H,5-7H2,1H3,(H2,11,13)(H,12,14). The van der Waals surface area contributed by atoms with E-state index in [-0.39, 0.29) is 37.4 Å². The van der Waals surface area contributed by atoms with Crippen LogP contribution in [0.5, 0.6) is 0 Å². The molecule has 3 aromatic rings. The fourth-order valence-electron chi connectivity index (χ4n) is 3.63. The first-order valence-electron chi connectivity index (χ1n) is 14.3. The third-order valence-corrected chi connectivity index (χ3v) is 5.74. The predicted octanol–water partition coefficient (Wildman–Crippen LogP) is 1.14. The van der Waals surface area contributed by atoms with E-state index in [9.17, 15) is 14.4 Å². The summed E-state index contributed by atoms with van der Waals surface area (Å²) < 4.78 is 14.1. The summed E-state index contributed by atoms with van der Waals surface area (Å²) in [6.45, 7) is 1.51. The number of methoxy groups -OCH3 is 3. The van der Waals surface area contributed by atoms with Gasteiger partial charge in [-0.1, -0.05) is 12.1 Å². The third-order valence-electron chi connectivity index (χ3n) is 5.74. The van der Waals surface area contributed by atoms with Crippen LogP contribution in [0, 0.1) is 0 Å². The predicted molar refractivity (Wildman–Crippen MR) is 173 cm³/mol. The molecule has 0 radical (unpaired) electrons. The smallest absolute Gasteiger partial charge is 0.245 e. The monoisotopic (exact) mass is 626 g/mol. The molecule has 0 fully saturated rings. The Bertz CT molecular complexity index is 1210. The molecule has 45 heavy (non-hydrogen) atoms. The van der Waals surface area contributed by atoms with Gasteiger partial charge in [0.25, 0.3) is 0 Å². The second-order valence-electron chi connectivity index (χ2n) is 9.63. The van der Waals surface area contributed by atoms with Crippen molar-refractivity contribution in [3.8, 4) is 0 Å². The molecule has 0 spiro atoms. The lowest BCUT2D eigenvalue weighted by Crippen LogP contribution is -2.29. The summed E-state index contributed by atoms with van der Waals surface area (Å²) in [6, 6.07) is 12.8. The molecule has 0 unspecified atom stereocenters.